The zero-order valence-corrected chi connectivity index (χ0v) is 19.9. The molecule has 2 nitrogen and oxygen atoms in total. The van der Waals surface area contributed by atoms with Gasteiger partial charge in [-0.1, -0.05) is 41.0 Å². The fourth-order valence-electron chi connectivity index (χ4n) is 8.81. The minimum atomic E-state index is -0.167. The number of rotatable bonds is 4. The Balaban J connectivity index is 1.41. The molecule has 0 spiro atoms. The number of fused-ring (bicyclic) bond motifs is 5. The smallest absolute Gasteiger partial charge is 0.0588 e. The van der Waals surface area contributed by atoms with E-state index in [1.165, 1.54) is 57.8 Å². The molecule has 7 unspecified atom stereocenters. The van der Waals surface area contributed by atoms with E-state index in [0.717, 1.165) is 48.9 Å². The summed E-state index contributed by atoms with van der Waals surface area (Å²) in [5.41, 5.74) is 1.06. The summed E-state index contributed by atoms with van der Waals surface area (Å²) in [5.74, 6) is 4.43. The predicted molar refractivity (Wildman–Crippen MR) is 121 cm³/mol. The van der Waals surface area contributed by atoms with Crippen LogP contribution in [0, 0.1) is 45.8 Å². The van der Waals surface area contributed by atoms with Crippen LogP contribution in [-0.4, -0.2) is 22.4 Å². The fraction of sp³-hybridized carbons (Fsp3) is 1.00. The molecular formula is C27H48O2. The summed E-state index contributed by atoms with van der Waals surface area (Å²) in [4.78, 5) is 0. The van der Waals surface area contributed by atoms with Crippen LogP contribution in [0.15, 0.2) is 0 Å². The van der Waals surface area contributed by atoms with Gasteiger partial charge in [0.25, 0.3) is 0 Å². The standard InChI is InChI=1S/C27H48O2/c1-25(2,3)24(29)8-6-7-18-10-12-22-21-11-9-19-17-20(28)13-15-27(19,5)23(21)14-16-26(18,22)4/h18-24,28-29H,6-17H2,1-5H3/t18?,19?,20-,21-,22?,23?,24?,26?,27?/m0/s1. The first-order valence-corrected chi connectivity index (χ1v) is 12.9. The number of hydrogen-bond acceptors (Lipinski definition) is 2. The summed E-state index contributed by atoms with van der Waals surface area (Å²) in [6.45, 7) is 11.7. The first kappa shape index (κ1) is 22.1. The van der Waals surface area contributed by atoms with Crippen LogP contribution >= 0.6 is 0 Å². The van der Waals surface area contributed by atoms with Crippen molar-refractivity contribution in [3.8, 4) is 0 Å². The Bertz CT molecular complexity index is 580. The van der Waals surface area contributed by atoms with Crippen LogP contribution < -0.4 is 0 Å². The SMILES string of the molecule is CC(C)(C)C(O)CCCC1CCC2[C@@H]3CCC4C[C@@H](O)CCC4(C)C3CCC12C. The van der Waals surface area contributed by atoms with Crippen molar-refractivity contribution in [1.82, 2.24) is 0 Å². The van der Waals surface area contributed by atoms with Crippen LogP contribution in [0.4, 0.5) is 0 Å². The molecule has 0 saturated heterocycles. The maximum absolute atomic E-state index is 10.4. The second-order valence-corrected chi connectivity index (χ2v) is 13.2. The van der Waals surface area contributed by atoms with Gasteiger partial charge in [-0.2, -0.15) is 0 Å². The van der Waals surface area contributed by atoms with E-state index in [0.29, 0.717) is 10.8 Å². The molecule has 0 amide bonds. The molecule has 0 bridgehead atoms. The molecule has 168 valence electrons. The topological polar surface area (TPSA) is 40.5 Å². The highest BCUT2D eigenvalue weighted by atomic mass is 16.3. The summed E-state index contributed by atoms with van der Waals surface area (Å²) in [6.07, 6.45) is 15.2. The van der Waals surface area contributed by atoms with Gasteiger partial charge in [0.1, 0.15) is 0 Å². The summed E-state index contributed by atoms with van der Waals surface area (Å²) in [6, 6.07) is 0. The predicted octanol–water partition coefficient (Wildman–Crippen LogP) is 6.58. The Morgan fingerprint density at radius 2 is 1.59 bits per heavy atom. The van der Waals surface area contributed by atoms with E-state index in [-0.39, 0.29) is 17.6 Å². The summed E-state index contributed by atoms with van der Waals surface area (Å²) >= 11 is 0. The largest absolute Gasteiger partial charge is 0.393 e. The Kier molecular flexibility index (Phi) is 5.95. The first-order chi connectivity index (χ1) is 13.6. The highest BCUT2D eigenvalue weighted by Crippen LogP contribution is 2.67. The first-order valence-electron chi connectivity index (χ1n) is 12.9. The third-order valence-corrected chi connectivity index (χ3v) is 10.9. The van der Waals surface area contributed by atoms with E-state index in [1.54, 1.807) is 0 Å². The van der Waals surface area contributed by atoms with E-state index in [2.05, 4.69) is 34.6 Å². The molecule has 2 heteroatoms. The van der Waals surface area contributed by atoms with Crippen molar-refractivity contribution in [1.29, 1.82) is 0 Å². The molecule has 4 saturated carbocycles. The molecule has 0 heterocycles. The summed E-state index contributed by atoms with van der Waals surface area (Å²) in [5, 5.41) is 20.7. The minimum absolute atomic E-state index is 0.0157. The lowest BCUT2D eigenvalue weighted by atomic mass is 9.44. The van der Waals surface area contributed by atoms with Crippen molar-refractivity contribution in [3.05, 3.63) is 0 Å². The van der Waals surface area contributed by atoms with Crippen LogP contribution in [0.5, 0.6) is 0 Å². The molecule has 0 aromatic rings. The van der Waals surface area contributed by atoms with Gasteiger partial charge >= 0.3 is 0 Å². The Hall–Kier alpha value is -0.0800. The van der Waals surface area contributed by atoms with Crippen LogP contribution in [-0.2, 0) is 0 Å². The van der Waals surface area contributed by atoms with E-state index in [9.17, 15) is 10.2 Å². The molecule has 4 rings (SSSR count). The lowest BCUT2D eigenvalue weighted by Gasteiger charge is -2.61. The quantitative estimate of drug-likeness (QED) is 0.555. The van der Waals surface area contributed by atoms with Crippen molar-refractivity contribution >= 4 is 0 Å². The summed E-state index contributed by atoms with van der Waals surface area (Å²) < 4.78 is 0. The lowest BCUT2D eigenvalue weighted by molar-refractivity contribution is -0.127. The van der Waals surface area contributed by atoms with Gasteiger partial charge in [-0.05, 0) is 116 Å². The zero-order valence-electron chi connectivity index (χ0n) is 19.9. The second kappa shape index (κ2) is 7.80. The Morgan fingerprint density at radius 1 is 0.897 bits per heavy atom. The van der Waals surface area contributed by atoms with Gasteiger partial charge in [-0.25, -0.2) is 0 Å². The van der Waals surface area contributed by atoms with Crippen molar-refractivity contribution in [2.24, 2.45) is 45.8 Å². The number of aliphatic hydroxyl groups is 2. The van der Waals surface area contributed by atoms with Crippen LogP contribution in [0.2, 0.25) is 0 Å². The van der Waals surface area contributed by atoms with Crippen LogP contribution in [0.25, 0.3) is 0 Å². The average molecular weight is 405 g/mol. The molecule has 4 fully saturated rings. The molecule has 2 N–H and O–H groups in total. The van der Waals surface area contributed by atoms with Crippen LogP contribution in [0.3, 0.4) is 0 Å². The van der Waals surface area contributed by atoms with Crippen molar-refractivity contribution in [2.75, 3.05) is 0 Å². The van der Waals surface area contributed by atoms with E-state index < -0.39 is 0 Å². The van der Waals surface area contributed by atoms with Crippen molar-refractivity contribution < 1.29 is 10.2 Å². The van der Waals surface area contributed by atoms with Gasteiger partial charge in [0.2, 0.25) is 0 Å². The highest BCUT2D eigenvalue weighted by molar-refractivity contribution is 5.09. The van der Waals surface area contributed by atoms with Crippen molar-refractivity contribution in [2.45, 2.75) is 124 Å². The van der Waals surface area contributed by atoms with E-state index in [4.69, 9.17) is 0 Å². The third kappa shape index (κ3) is 3.84. The zero-order chi connectivity index (χ0) is 21.0. The molecule has 29 heavy (non-hydrogen) atoms. The third-order valence-electron chi connectivity index (χ3n) is 10.9. The van der Waals surface area contributed by atoms with Gasteiger partial charge in [0.05, 0.1) is 12.2 Å². The molecule has 0 aromatic heterocycles. The molecule has 4 aliphatic carbocycles. The van der Waals surface area contributed by atoms with Gasteiger partial charge in [0, 0.05) is 0 Å². The molecule has 0 radical (unpaired) electrons. The Labute approximate surface area is 180 Å². The normalized spacial score (nSPS) is 48.5. The molecule has 4 aliphatic rings. The maximum atomic E-state index is 10.4. The van der Waals surface area contributed by atoms with Gasteiger partial charge < -0.3 is 10.2 Å². The fourth-order valence-corrected chi connectivity index (χ4v) is 8.81. The van der Waals surface area contributed by atoms with Gasteiger partial charge in [-0.3, -0.25) is 0 Å². The van der Waals surface area contributed by atoms with Gasteiger partial charge in [0.15, 0.2) is 0 Å². The summed E-state index contributed by atoms with van der Waals surface area (Å²) in [7, 11) is 0. The molecular weight excluding hydrogens is 356 g/mol. The maximum Gasteiger partial charge on any atom is 0.0588 e. The molecule has 0 aromatic carbocycles. The van der Waals surface area contributed by atoms with Gasteiger partial charge in [-0.15, -0.1) is 0 Å². The van der Waals surface area contributed by atoms with E-state index >= 15 is 0 Å². The number of hydrogen-bond donors (Lipinski definition) is 2. The minimum Gasteiger partial charge on any atom is -0.393 e. The molecule has 0 aliphatic heterocycles. The number of aliphatic hydroxyl groups excluding tert-OH is 2. The highest BCUT2D eigenvalue weighted by Gasteiger charge is 2.59. The van der Waals surface area contributed by atoms with Crippen molar-refractivity contribution in [3.63, 3.8) is 0 Å². The van der Waals surface area contributed by atoms with E-state index in [1.807, 2.05) is 0 Å². The lowest BCUT2D eigenvalue weighted by Crippen LogP contribution is -2.53. The second-order valence-electron chi connectivity index (χ2n) is 13.2. The average Bonchev–Trinajstić information content (AvgIpc) is 2.98. The Morgan fingerprint density at radius 3 is 2.31 bits per heavy atom. The molecule has 9 atom stereocenters. The van der Waals surface area contributed by atoms with Crippen LogP contribution in [0.1, 0.15) is 112 Å². The monoisotopic (exact) mass is 404 g/mol.